The molecule has 4 N–H and O–H groups in total. The van der Waals surface area contributed by atoms with Crippen LogP contribution in [0.15, 0.2) is 42.5 Å². The number of carbonyl (C=O) groups is 1. The van der Waals surface area contributed by atoms with Gasteiger partial charge in [0.1, 0.15) is 11.3 Å². The maximum absolute atomic E-state index is 12.2. The van der Waals surface area contributed by atoms with E-state index in [1.165, 1.54) is 11.3 Å². The zero-order valence-corrected chi connectivity index (χ0v) is 13.7. The zero-order chi connectivity index (χ0) is 16.4. The maximum Gasteiger partial charge on any atom is 0.345 e. The van der Waals surface area contributed by atoms with Gasteiger partial charge in [-0.25, -0.2) is 4.79 Å². The molecule has 0 atom stereocenters. The molecular formula is C18H18NO3S+. The average Bonchev–Trinajstić information content (AvgIpc) is 2.85. The highest BCUT2D eigenvalue weighted by molar-refractivity contribution is 7.22. The first-order valence-corrected chi connectivity index (χ1v) is 8.23. The molecule has 0 aliphatic heterocycles. The van der Waals surface area contributed by atoms with Crippen LogP contribution >= 0.6 is 11.3 Å². The van der Waals surface area contributed by atoms with E-state index in [1.807, 2.05) is 36.4 Å². The van der Waals surface area contributed by atoms with Crippen molar-refractivity contribution in [3.05, 3.63) is 59.2 Å². The Bertz CT molecular complexity index is 856. The van der Waals surface area contributed by atoms with E-state index in [4.69, 9.17) is 4.74 Å². The van der Waals surface area contributed by atoms with E-state index in [2.05, 4.69) is 5.73 Å². The van der Waals surface area contributed by atoms with Crippen molar-refractivity contribution in [3.63, 3.8) is 0 Å². The van der Waals surface area contributed by atoms with Gasteiger partial charge in [-0.2, -0.15) is 0 Å². The first-order chi connectivity index (χ1) is 11.1. The fraction of sp³-hybridized carbons (Fsp3) is 0.167. The quantitative estimate of drug-likeness (QED) is 0.722. The van der Waals surface area contributed by atoms with E-state index in [1.54, 1.807) is 13.0 Å². The average molecular weight is 328 g/mol. The third-order valence-corrected chi connectivity index (χ3v) is 4.72. The van der Waals surface area contributed by atoms with Crippen molar-refractivity contribution in [2.75, 3.05) is 6.61 Å². The van der Waals surface area contributed by atoms with Gasteiger partial charge in [-0.15, -0.1) is 0 Å². The number of carbonyl (C=O) groups excluding carboxylic acids is 1. The highest BCUT2D eigenvalue weighted by Gasteiger charge is 2.23. The van der Waals surface area contributed by atoms with E-state index in [9.17, 15) is 9.90 Å². The number of aromatic hydroxyl groups is 1. The third-order valence-electron chi connectivity index (χ3n) is 3.63. The molecule has 3 aromatic rings. The van der Waals surface area contributed by atoms with Crippen molar-refractivity contribution in [3.8, 4) is 5.75 Å². The highest BCUT2D eigenvalue weighted by atomic mass is 32.1. The van der Waals surface area contributed by atoms with E-state index in [0.717, 1.165) is 11.1 Å². The summed E-state index contributed by atoms with van der Waals surface area (Å²) >= 11 is 1.31. The molecule has 0 amide bonds. The number of hydrogen-bond acceptors (Lipinski definition) is 4. The van der Waals surface area contributed by atoms with Gasteiger partial charge in [-0.05, 0) is 36.6 Å². The number of hydrogen-bond donors (Lipinski definition) is 2. The lowest BCUT2D eigenvalue weighted by Gasteiger charge is -2.05. The minimum absolute atomic E-state index is 0.180. The van der Waals surface area contributed by atoms with Crippen LogP contribution in [0.3, 0.4) is 0 Å². The number of thiophene rings is 1. The molecule has 23 heavy (non-hydrogen) atoms. The molecule has 1 heterocycles. The second kappa shape index (κ2) is 6.40. The summed E-state index contributed by atoms with van der Waals surface area (Å²) in [6.07, 6.45) is 0.689. The van der Waals surface area contributed by atoms with Crippen molar-refractivity contribution in [1.82, 2.24) is 0 Å². The summed E-state index contributed by atoms with van der Waals surface area (Å²) in [5, 5.41) is 11.6. The maximum atomic E-state index is 12.2. The summed E-state index contributed by atoms with van der Waals surface area (Å²) in [4.78, 5) is 12.2. The lowest BCUT2D eigenvalue weighted by molar-refractivity contribution is -0.249. The summed E-state index contributed by atoms with van der Waals surface area (Å²) in [7, 11) is 0. The molecule has 0 aliphatic carbocycles. The molecule has 2 aromatic carbocycles. The Morgan fingerprint density at radius 3 is 2.65 bits per heavy atom. The van der Waals surface area contributed by atoms with Gasteiger partial charge >= 0.3 is 5.97 Å². The van der Waals surface area contributed by atoms with Crippen molar-refractivity contribution in [1.29, 1.82) is 0 Å². The number of fused-ring (bicyclic) bond motifs is 1. The van der Waals surface area contributed by atoms with Crippen LogP contribution in [-0.4, -0.2) is 17.7 Å². The molecule has 0 fully saturated rings. The Kier molecular flexibility index (Phi) is 4.32. The topological polar surface area (TPSA) is 74.2 Å². The lowest BCUT2D eigenvalue weighted by atomic mass is 10.0. The normalized spacial score (nSPS) is 10.9. The van der Waals surface area contributed by atoms with Crippen molar-refractivity contribution >= 4 is 32.4 Å². The molecule has 0 unspecified atom stereocenters. The molecular weight excluding hydrogens is 310 g/mol. The Labute approximate surface area is 138 Å². The summed E-state index contributed by atoms with van der Waals surface area (Å²) in [5.74, 6) is -0.209. The monoisotopic (exact) mass is 328 g/mol. The minimum atomic E-state index is -0.389. The molecule has 0 radical (unpaired) electrons. The fourth-order valence-corrected chi connectivity index (χ4v) is 3.63. The lowest BCUT2D eigenvalue weighted by Crippen LogP contribution is -2.40. The second-order valence-corrected chi connectivity index (χ2v) is 6.38. The summed E-state index contributed by atoms with van der Waals surface area (Å²) in [6.45, 7) is 2.08. The molecule has 4 nitrogen and oxygen atoms in total. The van der Waals surface area contributed by atoms with Crippen LogP contribution in [0.2, 0.25) is 0 Å². The van der Waals surface area contributed by atoms with Gasteiger partial charge in [0.25, 0.3) is 0 Å². The highest BCUT2D eigenvalue weighted by Crippen LogP contribution is 2.39. The first kappa shape index (κ1) is 15.5. The summed E-state index contributed by atoms with van der Waals surface area (Å²) in [6, 6.07) is 13.7. The van der Waals surface area contributed by atoms with Gasteiger partial charge in [-0.3, -0.25) is 0 Å². The fourth-order valence-electron chi connectivity index (χ4n) is 2.65. The van der Waals surface area contributed by atoms with Crippen LogP contribution in [-0.2, 0) is 11.2 Å². The molecule has 0 aliphatic rings. The standard InChI is InChI=1S/C18H17NO3S/c1-2-22-18(21)15-13-9-12(8-11-6-4-3-5-7-11)10-14(20)16(13)23-17(15)19/h3-7,9-10,20H,2,8,19H2,1H3/p+1. The predicted octanol–water partition coefficient (Wildman–Crippen LogP) is 3.25. The first-order valence-electron chi connectivity index (χ1n) is 7.41. The molecule has 0 saturated heterocycles. The smallest absolute Gasteiger partial charge is 0.345 e. The van der Waals surface area contributed by atoms with Crippen molar-refractivity contribution < 1.29 is 20.4 Å². The zero-order valence-electron chi connectivity index (χ0n) is 12.8. The number of ether oxygens (including phenoxy) is 1. The summed E-state index contributed by atoms with van der Waals surface area (Å²) < 4.78 is 5.80. The van der Waals surface area contributed by atoms with E-state index in [-0.39, 0.29) is 11.7 Å². The van der Waals surface area contributed by atoms with Gasteiger partial charge < -0.3 is 15.6 Å². The Balaban J connectivity index is 2.08. The Morgan fingerprint density at radius 1 is 1.22 bits per heavy atom. The van der Waals surface area contributed by atoms with Gasteiger partial charge in [0.05, 0.1) is 11.3 Å². The van der Waals surface area contributed by atoms with Crippen LogP contribution in [0.5, 0.6) is 5.75 Å². The van der Waals surface area contributed by atoms with Crippen molar-refractivity contribution in [2.45, 2.75) is 13.3 Å². The molecule has 0 saturated carbocycles. The number of esters is 1. The van der Waals surface area contributed by atoms with Gasteiger partial charge in [0.2, 0.25) is 0 Å². The van der Waals surface area contributed by atoms with Gasteiger partial charge in [-0.1, -0.05) is 41.7 Å². The van der Waals surface area contributed by atoms with Crippen molar-refractivity contribution in [2.24, 2.45) is 0 Å². The molecule has 0 spiro atoms. The number of phenolic OH excluding ortho intramolecular Hbond substituents is 1. The van der Waals surface area contributed by atoms with Crippen LogP contribution < -0.4 is 5.73 Å². The Hall–Kier alpha value is -2.37. The van der Waals surface area contributed by atoms with E-state index < -0.39 is 0 Å². The second-order valence-electron chi connectivity index (χ2n) is 5.27. The van der Waals surface area contributed by atoms with Crippen LogP contribution in [0, 0.1) is 0 Å². The van der Waals surface area contributed by atoms with Gasteiger partial charge in [0.15, 0.2) is 5.00 Å². The molecule has 5 heteroatoms. The van der Waals surface area contributed by atoms with E-state index >= 15 is 0 Å². The van der Waals surface area contributed by atoms with Crippen LogP contribution in [0.25, 0.3) is 10.1 Å². The number of benzene rings is 2. The van der Waals surface area contributed by atoms with Crippen LogP contribution in [0.4, 0.5) is 5.00 Å². The number of quaternary nitrogens is 1. The molecule has 1 aromatic heterocycles. The Morgan fingerprint density at radius 2 is 1.96 bits per heavy atom. The van der Waals surface area contributed by atoms with Crippen LogP contribution in [0.1, 0.15) is 28.4 Å². The molecule has 3 rings (SSSR count). The third kappa shape index (κ3) is 3.06. The summed E-state index contributed by atoms with van der Waals surface area (Å²) in [5.41, 5.74) is 6.47. The van der Waals surface area contributed by atoms with Gasteiger partial charge in [0, 0.05) is 5.39 Å². The minimum Gasteiger partial charge on any atom is -0.506 e. The molecule has 0 bridgehead atoms. The number of rotatable bonds is 4. The largest absolute Gasteiger partial charge is 0.506 e. The predicted molar refractivity (Wildman–Crippen MR) is 91.2 cm³/mol. The SMILES string of the molecule is CCOC(=O)c1c([NH3+])sc2c(O)cc(Cc3ccccc3)cc12. The van der Waals surface area contributed by atoms with E-state index in [0.29, 0.717) is 33.7 Å². The number of phenols is 1. The molecule has 118 valence electrons.